The second-order valence-electron chi connectivity index (χ2n) is 3.44. The van der Waals surface area contributed by atoms with E-state index in [1.165, 1.54) is 0 Å². The molecule has 3 nitrogen and oxygen atoms in total. The Kier molecular flexibility index (Phi) is 5.33. The zero-order valence-corrected chi connectivity index (χ0v) is 9.08. The monoisotopic (exact) mass is 207 g/mol. The van der Waals surface area contributed by atoms with Crippen molar-refractivity contribution in [1.82, 2.24) is 5.32 Å². The summed E-state index contributed by atoms with van der Waals surface area (Å²) >= 11 is 0. The molecule has 1 N–H and O–H groups in total. The Morgan fingerprint density at radius 3 is 2.69 bits per heavy atom. The van der Waals surface area contributed by atoms with Gasteiger partial charge in [0.1, 0.15) is 5.54 Å². The van der Waals surface area contributed by atoms with Crippen molar-refractivity contribution >= 4 is 18.4 Å². The molecule has 1 heterocycles. The smallest absolute Gasteiger partial charge is 0.326 e. The molecule has 0 aliphatic carbocycles. The Morgan fingerprint density at radius 1 is 1.54 bits per heavy atom. The third-order valence-electron chi connectivity index (χ3n) is 2.34. The van der Waals surface area contributed by atoms with Crippen LogP contribution >= 0.6 is 12.4 Å². The van der Waals surface area contributed by atoms with Crippen LogP contribution in [0.3, 0.4) is 0 Å². The molecule has 1 atom stereocenters. The van der Waals surface area contributed by atoms with E-state index in [9.17, 15) is 4.79 Å². The van der Waals surface area contributed by atoms with E-state index >= 15 is 0 Å². The topological polar surface area (TPSA) is 38.3 Å². The number of rotatable bonds is 2. The van der Waals surface area contributed by atoms with Gasteiger partial charge < -0.3 is 10.1 Å². The lowest BCUT2D eigenvalue weighted by molar-refractivity contribution is -0.151. The highest BCUT2D eigenvalue weighted by Gasteiger charge is 2.35. The maximum Gasteiger partial charge on any atom is 0.326 e. The number of carbonyl (C=O) groups excluding carboxylic acids is 1. The van der Waals surface area contributed by atoms with Crippen LogP contribution < -0.4 is 5.32 Å². The van der Waals surface area contributed by atoms with Crippen LogP contribution in [0.1, 0.15) is 33.1 Å². The first-order chi connectivity index (χ1) is 5.69. The normalized spacial score (nSPS) is 27.5. The van der Waals surface area contributed by atoms with Gasteiger partial charge in [0, 0.05) is 0 Å². The maximum absolute atomic E-state index is 11.4. The molecule has 0 aromatic heterocycles. The lowest BCUT2D eigenvalue weighted by atomic mass is 9.91. The lowest BCUT2D eigenvalue weighted by Crippen LogP contribution is -2.53. The molecule has 1 aliphatic heterocycles. The largest absolute Gasteiger partial charge is 0.465 e. The standard InChI is InChI=1S/C9H17NO2.ClH/c1-3-12-8(11)9(2)6-4-5-7-10-9;/h10H,3-7H2,1-2H3;1H. The van der Waals surface area contributed by atoms with Gasteiger partial charge in [0.05, 0.1) is 6.61 Å². The van der Waals surface area contributed by atoms with Gasteiger partial charge in [0.2, 0.25) is 0 Å². The molecule has 0 aromatic rings. The molecule has 1 aliphatic rings. The van der Waals surface area contributed by atoms with E-state index in [0.29, 0.717) is 6.61 Å². The van der Waals surface area contributed by atoms with Crippen LogP contribution in [0.2, 0.25) is 0 Å². The van der Waals surface area contributed by atoms with Crippen LogP contribution in [-0.4, -0.2) is 24.7 Å². The van der Waals surface area contributed by atoms with Crippen molar-refractivity contribution in [2.75, 3.05) is 13.2 Å². The highest BCUT2D eigenvalue weighted by atomic mass is 35.5. The number of piperidine rings is 1. The van der Waals surface area contributed by atoms with Crippen molar-refractivity contribution in [3.63, 3.8) is 0 Å². The zero-order valence-electron chi connectivity index (χ0n) is 8.26. The van der Waals surface area contributed by atoms with Gasteiger partial charge >= 0.3 is 5.97 Å². The highest BCUT2D eigenvalue weighted by Crippen LogP contribution is 2.19. The summed E-state index contributed by atoms with van der Waals surface area (Å²) in [5.74, 6) is -0.107. The molecular formula is C9H18ClNO2. The van der Waals surface area contributed by atoms with Crippen LogP contribution in [0.4, 0.5) is 0 Å². The average molecular weight is 208 g/mol. The van der Waals surface area contributed by atoms with E-state index < -0.39 is 5.54 Å². The predicted molar refractivity (Wildman–Crippen MR) is 54.1 cm³/mol. The Hall–Kier alpha value is -0.280. The predicted octanol–water partition coefficient (Wildman–Crippen LogP) is 1.50. The fraction of sp³-hybridized carbons (Fsp3) is 0.889. The molecule has 1 rings (SSSR count). The van der Waals surface area contributed by atoms with Gasteiger partial charge in [0.25, 0.3) is 0 Å². The van der Waals surface area contributed by atoms with Crippen LogP contribution in [0.15, 0.2) is 0 Å². The first-order valence-corrected chi connectivity index (χ1v) is 4.61. The molecule has 1 fully saturated rings. The molecule has 0 bridgehead atoms. The Balaban J connectivity index is 0.00000144. The summed E-state index contributed by atoms with van der Waals surface area (Å²) in [7, 11) is 0. The average Bonchev–Trinajstić information content (AvgIpc) is 2.06. The van der Waals surface area contributed by atoms with Gasteiger partial charge in [-0.25, -0.2) is 0 Å². The minimum absolute atomic E-state index is 0. The number of nitrogens with one attached hydrogen (secondary N) is 1. The van der Waals surface area contributed by atoms with Crippen molar-refractivity contribution < 1.29 is 9.53 Å². The fourth-order valence-electron chi connectivity index (χ4n) is 1.52. The van der Waals surface area contributed by atoms with E-state index in [1.54, 1.807) is 0 Å². The molecule has 1 unspecified atom stereocenters. The Bertz CT molecular complexity index is 167. The number of ether oxygens (including phenoxy) is 1. The molecule has 0 aromatic carbocycles. The van der Waals surface area contributed by atoms with E-state index in [-0.39, 0.29) is 18.4 Å². The number of halogens is 1. The molecule has 4 heteroatoms. The summed E-state index contributed by atoms with van der Waals surface area (Å²) in [6, 6.07) is 0. The van der Waals surface area contributed by atoms with Crippen molar-refractivity contribution in [2.45, 2.75) is 38.6 Å². The zero-order chi connectivity index (χ0) is 9.03. The van der Waals surface area contributed by atoms with Gasteiger partial charge in [-0.05, 0) is 39.7 Å². The molecule has 78 valence electrons. The van der Waals surface area contributed by atoms with E-state index in [0.717, 1.165) is 25.8 Å². The fourth-order valence-corrected chi connectivity index (χ4v) is 1.52. The first kappa shape index (κ1) is 12.7. The van der Waals surface area contributed by atoms with Crippen LogP contribution in [-0.2, 0) is 9.53 Å². The maximum atomic E-state index is 11.4. The number of carbonyl (C=O) groups is 1. The van der Waals surface area contributed by atoms with Gasteiger partial charge in [-0.1, -0.05) is 0 Å². The number of hydrogen-bond acceptors (Lipinski definition) is 3. The van der Waals surface area contributed by atoms with E-state index in [4.69, 9.17) is 4.74 Å². The minimum atomic E-state index is -0.422. The van der Waals surface area contributed by atoms with Crippen molar-refractivity contribution in [2.24, 2.45) is 0 Å². The summed E-state index contributed by atoms with van der Waals surface area (Å²) in [4.78, 5) is 11.4. The van der Waals surface area contributed by atoms with E-state index in [1.807, 2.05) is 13.8 Å². The van der Waals surface area contributed by atoms with Crippen molar-refractivity contribution in [3.05, 3.63) is 0 Å². The number of hydrogen-bond donors (Lipinski definition) is 1. The SMILES string of the molecule is CCOC(=O)C1(C)CCCCN1.Cl. The second-order valence-corrected chi connectivity index (χ2v) is 3.44. The third-order valence-corrected chi connectivity index (χ3v) is 2.34. The molecule has 0 radical (unpaired) electrons. The summed E-state index contributed by atoms with van der Waals surface area (Å²) in [5, 5.41) is 3.21. The summed E-state index contributed by atoms with van der Waals surface area (Å²) < 4.78 is 4.98. The second kappa shape index (κ2) is 5.45. The number of esters is 1. The molecule has 1 saturated heterocycles. The van der Waals surface area contributed by atoms with Crippen LogP contribution in [0, 0.1) is 0 Å². The van der Waals surface area contributed by atoms with Crippen molar-refractivity contribution in [1.29, 1.82) is 0 Å². The minimum Gasteiger partial charge on any atom is -0.465 e. The molecular weight excluding hydrogens is 190 g/mol. The Morgan fingerprint density at radius 2 is 2.23 bits per heavy atom. The molecule has 0 saturated carbocycles. The van der Waals surface area contributed by atoms with Gasteiger partial charge in [0.15, 0.2) is 0 Å². The summed E-state index contributed by atoms with van der Waals surface area (Å²) in [5.41, 5.74) is -0.422. The first-order valence-electron chi connectivity index (χ1n) is 4.61. The quantitative estimate of drug-likeness (QED) is 0.698. The highest BCUT2D eigenvalue weighted by molar-refractivity contribution is 5.85. The van der Waals surface area contributed by atoms with Crippen LogP contribution in [0.25, 0.3) is 0 Å². The summed E-state index contributed by atoms with van der Waals surface area (Å²) in [6.45, 7) is 5.15. The van der Waals surface area contributed by atoms with E-state index in [2.05, 4.69) is 5.32 Å². The van der Waals surface area contributed by atoms with Crippen LogP contribution in [0.5, 0.6) is 0 Å². The van der Waals surface area contributed by atoms with Gasteiger partial charge in [-0.3, -0.25) is 4.79 Å². The molecule has 13 heavy (non-hydrogen) atoms. The van der Waals surface area contributed by atoms with Gasteiger partial charge in [-0.15, -0.1) is 12.4 Å². The van der Waals surface area contributed by atoms with Gasteiger partial charge in [-0.2, -0.15) is 0 Å². The molecule has 0 amide bonds. The lowest BCUT2D eigenvalue weighted by Gasteiger charge is -2.32. The Labute approximate surface area is 85.6 Å². The molecule has 0 spiro atoms. The third kappa shape index (κ3) is 3.16. The summed E-state index contributed by atoms with van der Waals surface area (Å²) in [6.07, 6.45) is 3.17. The van der Waals surface area contributed by atoms with Crippen molar-refractivity contribution in [3.8, 4) is 0 Å².